The number of ether oxygens (including phenoxy) is 1. The van der Waals surface area contributed by atoms with Crippen molar-refractivity contribution in [3.05, 3.63) is 65.7 Å². The fourth-order valence-electron chi connectivity index (χ4n) is 2.48. The molecule has 0 radical (unpaired) electrons. The molecule has 3 aromatic rings. The molecule has 0 aliphatic rings. The van der Waals surface area contributed by atoms with E-state index in [0.29, 0.717) is 11.3 Å². The van der Waals surface area contributed by atoms with Crippen LogP contribution in [-0.4, -0.2) is 33.5 Å². The fraction of sp³-hybridized carbons (Fsp3) is 0.167. The standard InChI is InChI=1S/C18H14F4N4O2/c19-14-7-2-1-6-13(14)17-24-16(15(23)27)25-26(17)12-5-3-4-11(8-12)9-28-10-18(20,21)22/h1-8H,9-10H2,(H2,23,27). The van der Waals surface area contributed by atoms with Gasteiger partial charge in [-0.1, -0.05) is 24.3 Å². The van der Waals surface area contributed by atoms with E-state index in [4.69, 9.17) is 5.73 Å². The van der Waals surface area contributed by atoms with E-state index in [0.717, 1.165) is 0 Å². The molecule has 0 saturated carbocycles. The summed E-state index contributed by atoms with van der Waals surface area (Å²) in [7, 11) is 0. The largest absolute Gasteiger partial charge is 0.411 e. The second-order valence-corrected chi connectivity index (χ2v) is 5.79. The minimum absolute atomic E-state index is 0.0280. The number of benzene rings is 2. The van der Waals surface area contributed by atoms with Crippen molar-refractivity contribution in [3.63, 3.8) is 0 Å². The SMILES string of the molecule is NC(=O)c1nc(-c2ccccc2F)n(-c2cccc(COCC(F)(F)F)c2)n1. The van der Waals surface area contributed by atoms with E-state index in [1.165, 1.54) is 28.9 Å². The number of aromatic nitrogens is 3. The Morgan fingerprint density at radius 2 is 1.89 bits per heavy atom. The van der Waals surface area contributed by atoms with Gasteiger partial charge in [0.25, 0.3) is 5.91 Å². The monoisotopic (exact) mass is 394 g/mol. The molecule has 0 aliphatic heterocycles. The minimum atomic E-state index is -4.43. The Labute approximate surface area is 156 Å². The fourth-order valence-corrected chi connectivity index (χ4v) is 2.48. The van der Waals surface area contributed by atoms with Crippen LogP contribution in [0.1, 0.15) is 16.2 Å². The smallest absolute Gasteiger partial charge is 0.367 e. The number of alkyl halides is 3. The highest BCUT2D eigenvalue weighted by Gasteiger charge is 2.27. The van der Waals surface area contributed by atoms with Crippen molar-refractivity contribution in [1.82, 2.24) is 14.8 Å². The summed E-state index contributed by atoms with van der Waals surface area (Å²) >= 11 is 0. The molecule has 2 N–H and O–H groups in total. The number of nitrogens with two attached hydrogens (primary N) is 1. The molecular weight excluding hydrogens is 380 g/mol. The van der Waals surface area contributed by atoms with Crippen molar-refractivity contribution in [2.24, 2.45) is 5.73 Å². The minimum Gasteiger partial charge on any atom is -0.367 e. The first-order valence-corrected chi connectivity index (χ1v) is 8.00. The number of hydrogen-bond acceptors (Lipinski definition) is 4. The zero-order valence-electron chi connectivity index (χ0n) is 14.3. The van der Waals surface area contributed by atoms with Crippen LogP contribution in [0.3, 0.4) is 0 Å². The average molecular weight is 394 g/mol. The Balaban J connectivity index is 1.98. The number of halogens is 4. The molecule has 0 bridgehead atoms. The van der Waals surface area contributed by atoms with Crippen LogP contribution in [-0.2, 0) is 11.3 Å². The Bertz CT molecular complexity index is 1000. The van der Waals surface area contributed by atoms with Crippen molar-refractivity contribution < 1.29 is 27.1 Å². The molecule has 2 aromatic carbocycles. The lowest BCUT2D eigenvalue weighted by Crippen LogP contribution is -2.16. The van der Waals surface area contributed by atoms with Crippen LogP contribution in [0.4, 0.5) is 17.6 Å². The van der Waals surface area contributed by atoms with Crippen LogP contribution in [0.15, 0.2) is 48.5 Å². The number of hydrogen-bond donors (Lipinski definition) is 1. The number of amides is 1. The molecular formula is C18H14F4N4O2. The lowest BCUT2D eigenvalue weighted by Gasteiger charge is -2.10. The van der Waals surface area contributed by atoms with Crippen LogP contribution in [0.25, 0.3) is 17.1 Å². The summed E-state index contributed by atoms with van der Waals surface area (Å²) < 4.78 is 56.8. The van der Waals surface area contributed by atoms with Crippen LogP contribution in [0.2, 0.25) is 0 Å². The number of rotatable bonds is 6. The third-order valence-electron chi connectivity index (χ3n) is 3.63. The number of carbonyl (C=O) groups is 1. The molecule has 146 valence electrons. The molecule has 1 heterocycles. The average Bonchev–Trinajstić information content (AvgIpc) is 3.07. The highest BCUT2D eigenvalue weighted by Crippen LogP contribution is 2.24. The van der Waals surface area contributed by atoms with Crippen molar-refractivity contribution in [2.45, 2.75) is 12.8 Å². The van der Waals surface area contributed by atoms with E-state index in [-0.39, 0.29) is 23.8 Å². The van der Waals surface area contributed by atoms with Crippen LogP contribution >= 0.6 is 0 Å². The highest BCUT2D eigenvalue weighted by atomic mass is 19.4. The van der Waals surface area contributed by atoms with Gasteiger partial charge >= 0.3 is 6.18 Å². The second kappa shape index (κ2) is 7.77. The maximum Gasteiger partial charge on any atom is 0.411 e. The first-order chi connectivity index (χ1) is 13.2. The molecule has 0 fully saturated rings. The van der Waals surface area contributed by atoms with Gasteiger partial charge in [-0.25, -0.2) is 14.1 Å². The Morgan fingerprint density at radius 1 is 1.14 bits per heavy atom. The normalized spacial score (nSPS) is 11.6. The van der Waals surface area contributed by atoms with Gasteiger partial charge in [0.15, 0.2) is 5.82 Å². The van der Waals surface area contributed by atoms with E-state index in [9.17, 15) is 22.4 Å². The summed E-state index contributed by atoms with van der Waals surface area (Å²) in [6.45, 7) is -1.67. The van der Waals surface area contributed by atoms with Gasteiger partial charge in [-0.05, 0) is 29.8 Å². The van der Waals surface area contributed by atoms with Crippen LogP contribution < -0.4 is 5.73 Å². The summed E-state index contributed by atoms with van der Waals surface area (Å²) in [6.07, 6.45) is -4.43. The Kier molecular flexibility index (Phi) is 5.41. The summed E-state index contributed by atoms with van der Waals surface area (Å²) in [6, 6.07) is 12.0. The van der Waals surface area contributed by atoms with E-state index in [1.54, 1.807) is 24.3 Å². The molecule has 0 spiro atoms. The lowest BCUT2D eigenvalue weighted by molar-refractivity contribution is -0.176. The predicted octanol–water partition coefficient (Wildman–Crippen LogP) is 3.25. The van der Waals surface area contributed by atoms with Crippen LogP contribution in [0, 0.1) is 5.82 Å². The zero-order chi connectivity index (χ0) is 20.3. The Morgan fingerprint density at radius 3 is 2.57 bits per heavy atom. The van der Waals surface area contributed by atoms with Gasteiger partial charge in [0, 0.05) is 0 Å². The van der Waals surface area contributed by atoms with Crippen molar-refractivity contribution in [3.8, 4) is 17.1 Å². The summed E-state index contributed by atoms with van der Waals surface area (Å²) in [5.41, 5.74) is 6.09. The molecule has 1 aromatic heterocycles. The topological polar surface area (TPSA) is 83.0 Å². The third-order valence-corrected chi connectivity index (χ3v) is 3.63. The number of nitrogens with zero attached hydrogens (tertiary/aromatic N) is 3. The van der Waals surface area contributed by atoms with E-state index in [1.807, 2.05) is 0 Å². The predicted molar refractivity (Wildman–Crippen MR) is 91.0 cm³/mol. The van der Waals surface area contributed by atoms with Gasteiger partial charge in [-0.2, -0.15) is 13.2 Å². The molecule has 3 rings (SSSR count). The van der Waals surface area contributed by atoms with Gasteiger partial charge in [0.1, 0.15) is 12.4 Å². The van der Waals surface area contributed by atoms with E-state index >= 15 is 0 Å². The van der Waals surface area contributed by atoms with Gasteiger partial charge < -0.3 is 10.5 Å². The molecule has 0 unspecified atom stereocenters. The van der Waals surface area contributed by atoms with Gasteiger partial charge in [0.2, 0.25) is 5.82 Å². The molecule has 0 atom stereocenters. The summed E-state index contributed by atoms with van der Waals surface area (Å²) in [5, 5.41) is 4.00. The number of carbonyl (C=O) groups excluding carboxylic acids is 1. The quantitative estimate of drug-likeness (QED) is 0.651. The van der Waals surface area contributed by atoms with Crippen molar-refractivity contribution >= 4 is 5.91 Å². The van der Waals surface area contributed by atoms with Gasteiger partial charge in [-0.15, -0.1) is 5.10 Å². The first-order valence-electron chi connectivity index (χ1n) is 8.00. The molecule has 6 nitrogen and oxygen atoms in total. The Hall–Kier alpha value is -3.27. The number of primary amides is 1. The first kappa shape index (κ1) is 19.5. The third kappa shape index (κ3) is 4.52. The maximum atomic E-state index is 14.2. The maximum absolute atomic E-state index is 14.2. The van der Waals surface area contributed by atoms with E-state index < -0.39 is 24.5 Å². The second-order valence-electron chi connectivity index (χ2n) is 5.79. The van der Waals surface area contributed by atoms with Gasteiger partial charge in [0.05, 0.1) is 17.9 Å². The molecule has 0 aliphatic carbocycles. The molecule has 0 saturated heterocycles. The molecule has 28 heavy (non-hydrogen) atoms. The lowest BCUT2D eigenvalue weighted by atomic mass is 10.2. The van der Waals surface area contributed by atoms with Gasteiger partial charge in [-0.3, -0.25) is 4.79 Å². The summed E-state index contributed by atoms with van der Waals surface area (Å²) in [5.74, 6) is -1.78. The summed E-state index contributed by atoms with van der Waals surface area (Å²) in [4.78, 5) is 15.5. The van der Waals surface area contributed by atoms with Crippen molar-refractivity contribution in [2.75, 3.05) is 6.61 Å². The van der Waals surface area contributed by atoms with Crippen molar-refractivity contribution in [1.29, 1.82) is 0 Å². The zero-order valence-corrected chi connectivity index (χ0v) is 14.3. The van der Waals surface area contributed by atoms with E-state index in [2.05, 4.69) is 14.8 Å². The molecule has 10 heteroatoms. The van der Waals surface area contributed by atoms with Crippen LogP contribution in [0.5, 0.6) is 0 Å². The highest BCUT2D eigenvalue weighted by molar-refractivity contribution is 5.89. The molecule has 1 amide bonds.